The molecule has 8 heteroatoms. The molecule has 0 N–H and O–H groups in total. The lowest BCUT2D eigenvalue weighted by Gasteiger charge is -2.17. The maximum atomic E-state index is 12.7. The van der Waals surface area contributed by atoms with Crippen molar-refractivity contribution < 1.29 is 9.21 Å². The molecular formula is C21H20N4O4. The van der Waals surface area contributed by atoms with Crippen LogP contribution in [0.3, 0.4) is 0 Å². The molecule has 2 aliphatic heterocycles. The normalized spacial score (nSPS) is 20.0. The molecule has 0 unspecified atom stereocenters. The molecule has 1 amide bonds. The van der Waals surface area contributed by atoms with E-state index in [0.29, 0.717) is 31.0 Å². The van der Waals surface area contributed by atoms with E-state index in [-0.39, 0.29) is 24.3 Å². The fourth-order valence-corrected chi connectivity index (χ4v) is 4.30. The van der Waals surface area contributed by atoms with Gasteiger partial charge in [-0.05, 0) is 18.6 Å². The number of furan rings is 1. The van der Waals surface area contributed by atoms with Gasteiger partial charge in [-0.15, -0.1) is 0 Å². The number of fused-ring (bicyclic) bond motifs is 3. The van der Waals surface area contributed by atoms with Crippen molar-refractivity contribution in [1.29, 1.82) is 0 Å². The molecule has 2 atom stereocenters. The van der Waals surface area contributed by atoms with E-state index < -0.39 is 11.1 Å². The lowest BCUT2D eigenvalue weighted by molar-refractivity contribution is 0.0782. The molecule has 0 aliphatic carbocycles. The fourth-order valence-electron chi connectivity index (χ4n) is 4.30. The molecule has 3 aromatic rings. The van der Waals surface area contributed by atoms with Gasteiger partial charge in [0.2, 0.25) is 0 Å². The van der Waals surface area contributed by atoms with E-state index in [9.17, 15) is 14.4 Å². The van der Waals surface area contributed by atoms with E-state index in [1.165, 1.54) is 21.8 Å². The van der Waals surface area contributed by atoms with Gasteiger partial charge >= 0.3 is 11.1 Å². The third-order valence-corrected chi connectivity index (χ3v) is 5.86. The molecule has 0 spiro atoms. The Morgan fingerprint density at radius 1 is 1.10 bits per heavy atom. The molecule has 0 saturated carbocycles. The maximum absolute atomic E-state index is 12.7. The van der Waals surface area contributed by atoms with E-state index in [4.69, 9.17) is 4.42 Å². The minimum atomic E-state index is -0.611. The van der Waals surface area contributed by atoms with Crippen molar-refractivity contribution in [3.8, 4) is 0 Å². The number of aromatic nitrogens is 3. The Kier molecular flexibility index (Phi) is 4.01. The third-order valence-electron chi connectivity index (χ3n) is 5.86. The van der Waals surface area contributed by atoms with Gasteiger partial charge in [-0.25, -0.2) is 4.68 Å². The van der Waals surface area contributed by atoms with Crippen LogP contribution in [0.4, 0.5) is 0 Å². The Bertz CT molecular complexity index is 1190. The molecule has 148 valence electrons. The van der Waals surface area contributed by atoms with E-state index in [1.54, 1.807) is 11.0 Å². The minimum absolute atomic E-state index is 0.0524. The maximum Gasteiger partial charge on any atom is 0.332 e. The Labute approximate surface area is 166 Å². The van der Waals surface area contributed by atoms with Crippen molar-refractivity contribution in [2.24, 2.45) is 5.92 Å². The van der Waals surface area contributed by atoms with Crippen LogP contribution < -0.4 is 11.1 Å². The first-order valence-corrected chi connectivity index (χ1v) is 9.60. The summed E-state index contributed by atoms with van der Waals surface area (Å²) in [5.41, 5.74) is 1.40. The van der Waals surface area contributed by atoms with Crippen molar-refractivity contribution in [1.82, 2.24) is 19.2 Å². The summed E-state index contributed by atoms with van der Waals surface area (Å²) < 4.78 is 7.75. The van der Waals surface area contributed by atoms with Crippen LogP contribution in [0.2, 0.25) is 0 Å². The standard InChI is InChI=1S/C21H20N4O4/c1-13-2-4-14(5-3-13)8-25-21(28)20(27)24-10-16-9-23(11-17(16)18(24)22-25)19(26)15-6-7-29-12-15/h2-7,12,16-17H,8-11H2,1H3/t16-,17-/m0/s1. The topological polar surface area (TPSA) is 90.3 Å². The van der Waals surface area contributed by atoms with Crippen LogP contribution in [0.1, 0.15) is 33.2 Å². The molecular weight excluding hydrogens is 372 g/mol. The number of hydrogen-bond acceptors (Lipinski definition) is 5. The van der Waals surface area contributed by atoms with Gasteiger partial charge < -0.3 is 9.32 Å². The number of aryl methyl sites for hydroxylation is 1. The summed E-state index contributed by atoms with van der Waals surface area (Å²) in [5.74, 6) is 0.535. The van der Waals surface area contributed by atoms with Gasteiger partial charge in [-0.2, -0.15) is 5.10 Å². The second-order valence-corrected chi connectivity index (χ2v) is 7.81. The van der Waals surface area contributed by atoms with E-state index in [1.807, 2.05) is 31.2 Å². The Morgan fingerprint density at radius 3 is 2.62 bits per heavy atom. The van der Waals surface area contributed by atoms with Crippen LogP contribution in [0.15, 0.2) is 56.9 Å². The smallest absolute Gasteiger partial charge is 0.332 e. The Balaban J connectivity index is 1.45. The SMILES string of the molecule is Cc1ccc(Cn2nc3n(c(=O)c2=O)C[C@@H]2CN(C(=O)c4ccoc4)C[C@H]32)cc1. The highest BCUT2D eigenvalue weighted by Crippen LogP contribution is 2.37. The van der Waals surface area contributed by atoms with Gasteiger partial charge in [-0.1, -0.05) is 29.8 Å². The lowest BCUT2D eigenvalue weighted by Crippen LogP contribution is -2.44. The van der Waals surface area contributed by atoms with Gasteiger partial charge in [0, 0.05) is 31.5 Å². The first-order chi connectivity index (χ1) is 14.0. The van der Waals surface area contributed by atoms with Gasteiger partial charge in [0.15, 0.2) is 0 Å². The summed E-state index contributed by atoms with van der Waals surface area (Å²) in [6.45, 7) is 3.67. The second kappa shape index (κ2) is 6.58. The minimum Gasteiger partial charge on any atom is -0.472 e. The number of rotatable bonds is 3. The monoisotopic (exact) mass is 392 g/mol. The third kappa shape index (κ3) is 2.91. The molecule has 29 heavy (non-hydrogen) atoms. The molecule has 1 saturated heterocycles. The molecule has 1 fully saturated rings. The summed E-state index contributed by atoms with van der Waals surface area (Å²) in [6, 6.07) is 9.43. The summed E-state index contributed by atoms with van der Waals surface area (Å²) >= 11 is 0. The Morgan fingerprint density at radius 2 is 1.90 bits per heavy atom. The largest absolute Gasteiger partial charge is 0.472 e. The van der Waals surface area contributed by atoms with Gasteiger partial charge in [0.1, 0.15) is 12.1 Å². The molecule has 4 heterocycles. The highest BCUT2D eigenvalue weighted by Gasteiger charge is 2.44. The fraction of sp³-hybridized carbons (Fsp3) is 0.333. The number of likely N-dealkylation sites (tertiary alicyclic amines) is 1. The quantitative estimate of drug-likeness (QED) is 0.625. The number of amides is 1. The van der Waals surface area contributed by atoms with Crippen LogP contribution in [-0.2, 0) is 13.1 Å². The van der Waals surface area contributed by atoms with Crippen LogP contribution >= 0.6 is 0 Å². The van der Waals surface area contributed by atoms with Crippen molar-refractivity contribution in [2.75, 3.05) is 13.1 Å². The predicted octanol–water partition coefficient (Wildman–Crippen LogP) is 1.22. The van der Waals surface area contributed by atoms with Crippen molar-refractivity contribution in [2.45, 2.75) is 25.9 Å². The number of nitrogens with zero attached hydrogens (tertiary/aromatic N) is 4. The molecule has 5 rings (SSSR count). The van der Waals surface area contributed by atoms with Gasteiger partial charge in [0.05, 0.1) is 18.4 Å². The average Bonchev–Trinajstić information content (AvgIpc) is 3.44. The van der Waals surface area contributed by atoms with E-state index >= 15 is 0 Å². The summed E-state index contributed by atoms with van der Waals surface area (Å²) in [4.78, 5) is 39.6. The molecule has 0 radical (unpaired) electrons. The zero-order chi connectivity index (χ0) is 20.1. The van der Waals surface area contributed by atoms with Crippen LogP contribution in [-0.4, -0.2) is 38.2 Å². The van der Waals surface area contributed by atoms with Crippen molar-refractivity contribution >= 4 is 5.91 Å². The number of carbonyl (C=O) groups is 1. The summed E-state index contributed by atoms with van der Waals surface area (Å²) in [7, 11) is 0. The highest BCUT2D eigenvalue weighted by atomic mass is 16.3. The zero-order valence-electron chi connectivity index (χ0n) is 15.9. The van der Waals surface area contributed by atoms with Gasteiger partial charge in [-0.3, -0.25) is 19.0 Å². The van der Waals surface area contributed by atoms with Gasteiger partial charge in [0.25, 0.3) is 5.91 Å². The number of hydrogen-bond donors (Lipinski definition) is 0. The van der Waals surface area contributed by atoms with Crippen LogP contribution in [0.25, 0.3) is 0 Å². The number of carbonyl (C=O) groups excluding carboxylic acids is 1. The zero-order valence-corrected chi connectivity index (χ0v) is 15.9. The van der Waals surface area contributed by atoms with Crippen molar-refractivity contribution in [3.63, 3.8) is 0 Å². The molecule has 2 aliphatic rings. The highest BCUT2D eigenvalue weighted by molar-refractivity contribution is 5.94. The molecule has 8 nitrogen and oxygen atoms in total. The predicted molar refractivity (Wildman–Crippen MR) is 104 cm³/mol. The summed E-state index contributed by atoms with van der Waals surface area (Å²) in [6.07, 6.45) is 2.91. The lowest BCUT2D eigenvalue weighted by atomic mass is 10.00. The van der Waals surface area contributed by atoms with Crippen LogP contribution in [0.5, 0.6) is 0 Å². The van der Waals surface area contributed by atoms with Crippen LogP contribution in [0, 0.1) is 12.8 Å². The average molecular weight is 392 g/mol. The molecule has 0 bridgehead atoms. The molecule has 2 aromatic heterocycles. The first-order valence-electron chi connectivity index (χ1n) is 9.60. The van der Waals surface area contributed by atoms with Crippen molar-refractivity contribution in [3.05, 3.63) is 86.1 Å². The Hall–Kier alpha value is -3.42. The molecule has 1 aromatic carbocycles. The summed E-state index contributed by atoms with van der Waals surface area (Å²) in [5, 5.41) is 4.54. The van der Waals surface area contributed by atoms with E-state index in [0.717, 1.165) is 11.1 Å². The first kappa shape index (κ1) is 17.7. The second-order valence-electron chi connectivity index (χ2n) is 7.81. The number of benzene rings is 1. The van der Waals surface area contributed by atoms with E-state index in [2.05, 4.69) is 5.10 Å².